The molecule has 26 heavy (non-hydrogen) atoms. The van der Waals surface area contributed by atoms with Crippen molar-refractivity contribution in [2.45, 2.75) is 33.0 Å². The van der Waals surface area contributed by atoms with Crippen LogP contribution in [0.15, 0.2) is 64.8 Å². The van der Waals surface area contributed by atoms with Gasteiger partial charge in [0.2, 0.25) is 5.91 Å². The molecule has 0 spiro atoms. The molecule has 0 saturated heterocycles. The maximum absolute atomic E-state index is 12.8. The number of thiophene rings is 1. The Morgan fingerprint density at radius 2 is 1.88 bits per heavy atom. The average Bonchev–Trinajstić information content (AvgIpc) is 3.16. The van der Waals surface area contributed by atoms with Crippen LogP contribution in [0.3, 0.4) is 0 Å². The summed E-state index contributed by atoms with van der Waals surface area (Å²) >= 11 is 1.55. The summed E-state index contributed by atoms with van der Waals surface area (Å²) in [6.45, 7) is 4.39. The fourth-order valence-corrected chi connectivity index (χ4v) is 3.37. The molecule has 0 bridgehead atoms. The Kier molecular flexibility index (Phi) is 5.63. The monoisotopic (exact) mass is 367 g/mol. The SMILES string of the molecule is CC(C)N(Cc1ccccc1)C(=O)Cn1nc(-c2cccs2)ccc1=O. The first-order valence-electron chi connectivity index (χ1n) is 8.50. The molecule has 1 aromatic carbocycles. The number of carbonyl (C=O) groups is 1. The molecule has 1 amide bonds. The van der Waals surface area contributed by atoms with E-state index in [2.05, 4.69) is 5.10 Å². The number of nitrogens with zero attached hydrogens (tertiary/aromatic N) is 3. The molecule has 3 rings (SSSR count). The van der Waals surface area contributed by atoms with E-state index in [1.165, 1.54) is 10.7 Å². The van der Waals surface area contributed by atoms with Crippen LogP contribution in [-0.4, -0.2) is 26.6 Å². The molecule has 3 aromatic rings. The van der Waals surface area contributed by atoms with Crippen molar-refractivity contribution in [1.29, 1.82) is 0 Å². The molecule has 0 radical (unpaired) electrons. The molecular formula is C20H21N3O2S. The molecule has 2 heterocycles. The van der Waals surface area contributed by atoms with Crippen molar-refractivity contribution in [1.82, 2.24) is 14.7 Å². The van der Waals surface area contributed by atoms with E-state index in [1.807, 2.05) is 61.7 Å². The summed E-state index contributed by atoms with van der Waals surface area (Å²) in [5, 5.41) is 6.33. The second-order valence-electron chi connectivity index (χ2n) is 6.29. The van der Waals surface area contributed by atoms with E-state index < -0.39 is 0 Å². The second-order valence-corrected chi connectivity index (χ2v) is 7.24. The smallest absolute Gasteiger partial charge is 0.267 e. The minimum atomic E-state index is -0.276. The Hall–Kier alpha value is -2.73. The summed E-state index contributed by atoms with van der Waals surface area (Å²) < 4.78 is 1.25. The van der Waals surface area contributed by atoms with Crippen LogP contribution in [0.4, 0.5) is 0 Å². The molecule has 0 fully saturated rings. The van der Waals surface area contributed by atoms with Crippen LogP contribution in [0, 0.1) is 0 Å². The van der Waals surface area contributed by atoms with E-state index in [-0.39, 0.29) is 24.1 Å². The lowest BCUT2D eigenvalue weighted by Gasteiger charge is -2.27. The van der Waals surface area contributed by atoms with Gasteiger partial charge in [0.05, 0.1) is 4.88 Å². The molecule has 6 heteroatoms. The fraction of sp³-hybridized carbons (Fsp3) is 0.250. The Balaban J connectivity index is 1.81. The lowest BCUT2D eigenvalue weighted by molar-refractivity contribution is -0.134. The van der Waals surface area contributed by atoms with Crippen molar-refractivity contribution < 1.29 is 4.79 Å². The van der Waals surface area contributed by atoms with Crippen molar-refractivity contribution in [3.05, 3.63) is 75.9 Å². The van der Waals surface area contributed by atoms with E-state index in [9.17, 15) is 9.59 Å². The normalized spacial score (nSPS) is 10.9. The molecule has 0 N–H and O–H groups in total. The molecule has 0 saturated carbocycles. The van der Waals surface area contributed by atoms with Crippen molar-refractivity contribution in [3.8, 4) is 10.6 Å². The number of aromatic nitrogens is 2. The predicted molar refractivity (Wildman–Crippen MR) is 104 cm³/mol. The molecule has 0 atom stereocenters. The zero-order valence-corrected chi connectivity index (χ0v) is 15.6. The van der Waals surface area contributed by atoms with Gasteiger partial charge >= 0.3 is 0 Å². The third-order valence-electron chi connectivity index (χ3n) is 4.06. The van der Waals surface area contributed by atoms with Gasteiger partial charge in [0.1, 0.15) is 12.2 Å². The minimum Gasteiger partial charge on any atom is -0.334 e. The van der Waals surface area contributed by atoms with Gasteiger partial charge < -0.3 is 4.90 Å². The highest BCUT2D eigenvalue weighted by atomic mass is 32.1. The molecule has 0 aliphatic heterocycles. The number of hydrogen-bond donors (Lipinski definition) is 0. The van der Waals surface area contributed by atoms with E-state index in [0.29, 0.717) is 12.2 Å². The summed E-state index contributed by atoms with van der Waals surface area (Å²) in [6, 6.07) is 16.9. The van der Waals surface area contributed by atoms with Gasteiger partial charge in [-0.15, -0.1) is 11.3 Å². The van der Waals surface area contributed by atoms with Gasteiger partial charge in [-0.2, -0.15) is 5.10 Å². The van der Waals surface area contributed by atoms with E-state index in [0.717, 1.165) is 10.4 Å². The molecule has 0 aliphatic rings. The van der Waals surface area contributed by atoms with Gasteiger partial charge in [-0.3, -0.25) is 9.59 Å². The first kappa shape index (κ1) is 18.1. The van der Waals surface area contributed by atoms with Gasteiger partial charge in [-0.1, -0.05) is 36.4 Å². The zero-order valence-electron chi connectivity index (χ0n) is 14.8. The third-order valence-corrected chi connectivity index (χ3v) is 4.96. The van der Waals surface area contributed by atoms with Gasteiger partial charge in [0.25, 0.3) is 5.56 Å². The van der Waals surface area contributed by atoms with Gasteiger partial charge in [-0.25, -0.2) is 4.68 Å². The Morgan fingerprint density at radius 3 is 2.54 bits per heavy atom. The molecule has 0 aliphatic carbocycles. The fourth-order valence-electron chi connectivity index (χ4n) is 2.68. The van der Waals surface area contributed by atoms with Crippen LogP contribution in [0.2, 0.25) is 0 Å². The topological polar surface area (TPSA) is 55.2 Å². The van der Waals surface area contributed by atoms with Crippen molar-refractivity contribution in [2.75, 3.05) is 0 Å². The van der Waals surface area contributed by atoms with Crippen molar-refractivity contribution in [3.63, 3.8) is 0 Å². The van der Waals surface area contributed by atoms with E-state index in [1.54, 1.807) is 22.3 Å². The maximum atomic E-state index is 12.8. The molecule has 134 valence electrons. The number of carbonyl (C=O) groups excluding carboxylic acids is 1. The average molecular weight is 367 g/mol. The zero-order chi connectivity index (χ0) is 18.5. The first-order chi connectivity index (χ1) is 12.5. The number of amides is 1. The molecule has 2 aromatic heterocycles. The first-order valence-corrected chi connectivity index (χ1v) is 9.38. The van der Waals surface area contributed by atoms with Crippen LogP contribution in [0.5, 0.6) is 0 Å². The Bertz CT molecular complexity index is 918. The number of rotatable bonds is 6. The quantitative estimate of drug-likeness (QED) is 0.671. The van der Waals surface area contributed by atoms with Crippen molar-refractivity contribution >= 4 is 17.2 Å². The molecule has 0 unspecified atom stereocenters. The largest absolute Gasteiger partial charge is 0.334 e. The van der Waals surface area contributed by atoms with Crippen LogP contribution in [-0.2, 0) is 17.9 Å². The Morgan fingerprint density at radius 1 is 1.12 bits per heavy atom. The third kappa shape index (κ3) is 4.26. The standard InChI is InChI=1S/C20H21N3O2S/c1-15(2)22(13-16-7-4-3-5-8-16)20(25)14-23-19(24)11-10-17(21-23)18-9-6-12-26-18/h3-12,15H,13-14H2,1-2H3. The summed E-state index contributed by atoms with van der Waals surface area (Å²) in [6.07, 6.45) is 0. The molecule has 5 nitrogen and oxygen atoms in total. The van der Waals surface area contributed by atoms with Gasteiger partial charge in [-0.05, 0) is 36.9 Å². The van der Waals surface area contributed by atoms with Gasteiger partial charge in [0.15, 0.2) is 0 Å². The summed E-state index contributed by atoms with van der Waals surface area (Å²) in [5.74, 6) is -0.123. The highest BCUT2D eigenvalue weighted by Gasteiger charge is 2.19. The highest BCUT2D eigenvalue weighted by Crippen LogP contribution is 2.21. The maximum Gasteiger partial charge on any atom is 0.267 e. The number of hydrogen-bond acceptors (Lipinski definition) is 4. The lowest BCUT2D eigenvalue weighted by atomic mass is 10.2. The molecular weight excluding hydrogens is 346 g/mol. The summed E-state index contributed by atoms with van der Waals surface area (Å²) in [7, 11) is 0. The van der Waals surface area contributed by atoms with E-state index in [4.69, 9.17) is 0 Å². The van der Waals surface area contributed by atoms with E-state index >= 15 is 0 Å². The predicted octanol–water partition coefficient (Wildman–Crippen LogP) is 3.41. The number of benzene rings is 1. The second kappa shape index (κ2) is 8.10. The summed E-state index contributed by atoms with van der Waals surface area (Å²) in [4.78, 5) is 27.7. The Labute approximate surface area is 156 Å². The van der Waals surface area contributed by atoms with Crippen molar-refractivity contribution in [2.24, 2.45) is 0 Å². The van der Waals surface area contributed by atoms with Crippen LogP contribution in [0.25, 0.3) is 10.6 Å². The lowest BCUT2D eigenvalue weighted by Crippen LogP contribution is -2.40. The van der Waals surface area contributed by atoms with Gasteiger partial charge in [0, 0.05) is 18.7 Å². The van der Waals surface area contributed by atoms with Crippen LogP contribution in [0.1, 0.15) is 19.4 Å². The van der Waals surface area contributed by atoms with Crippen LogP contribution >= 0.6 is 11.3 Å². The highest BCUT2D eigenvalue weighted by molar-refractivity contribution is 7.13. The minimum absolute atomic E-state index is 0.0267. The summed E-state index contributed by atoms with van der Waals surface area (Å²) in [5.41, 5.74) is 1.48. The van der Waals surface area contributed by atoms with Crippen LogP contribution < -0.4 is 5.56 Å².